The average molecular weight is 618 g/mol. The highest BCUT2D eigenvalue weighted by atomic mass is 79.9. The number of amides is 1. The predicted molar refractivity (Wildman–Crippen MR) is 162 cm³/mol. The van der Waals surface area contributed by atoms with E-state index in [1.807, 2.05) is 90.3 Å². The number of benzene rings is 4. The molecule has 5 rings (SSSR count). The van der Waals surface area contributed by atoms with E-state index in [0.717, 1.165) is 32.1 Å². The van der Waals surface area contributed by atoms with Gasteiger partial charge in [0, 0.05) is 42.8 Å². The summed E-state index contributed by atoms with van der Waals surface area (Å²) in [6.45, 7) is 0.309. The Kier molecular flexibility index (Phi) is 8.68. The summed E-state index contributed by atoms with van der Waals surface area (Å²) in [6.07, 6.45) is 1.55. The minimum atomic E-state index is -0.323. The lowest BCUT2D eigenvalue weighted by Crippen LogP contribution is -2.17. The number of nitrogens with one attached hydrogen (secondary N) is 2. The molecule has 1 aromatic heterocycles. The molecule has 4 aromatic carbocycles. The Morgan fingerprint density at radius 1 is 1.00 bits per heavy atom. The minimum Gasteiger partial charge on any atom is -0.488 e. The third kappa shape index (κ3) is 7.11. The highest BCUT2D eigenvalue weighted by Crippen LogP contribution is 2.28. The lowest BCUT2D eigenvalue weighted by Gasteiger charge is -2.10. The molecule has 1 amide bonds. The number of hydrogen-bond acceptors (Lipinski definition) is 6. The molecule has 0 spiro atoms. The Bertz CT molecular complexity index is 1610. The predicted octanol–water partition coefficient (Wildman–Crippen LogP) is 8.31. The van der Waals surface area contributed by atoms with Crippen molar-refractivity contribution in [3.8, 4) is 17.0 Å². The van der Waals surface area contributed by atoms with Crippen molar-refractivity contribution in [1.82, 2.24) is 10.4 Å². The van der Waals surface area contributed by atoms with E-state index in [9.17, 15) is 4.79 Å². The van der Waals surface area contributed by atoms with E-state index in [0.29, 0.717) is 28.5 Å². The maximum absolute atomic E-state index is 12.7. The number of ether oxygens (including phenoxy) is 1. The Hall–Kier alpha value is -3.98. The number of nitrogens with zero attached hydrogens (tertiary/aromatic N) is 2. The monoisotopic (exact) mass is 616 g/mol. The number of halogens is 2. The van der Waals surface area contributed by atoms with E-state index in [1.54, 1.807) is 18.3 Å². The fraction of sp³-hybridized carbons (Fsp3) is 0.0333. The van der Waals surface area contributed by atoms with Crippen LogP contribution < -0.4 is 15.5 Å². The van der Waals surface area contributed by atoms with Crippen LogP contribution in [-0.4, -0.2) is 17.1 Å². The van der Waals surface area contributed by atoms with Crippen molar-refractivity contribution in [3.63, 3.8) is 0 Å². The van der Waals surface area contributed by atoms with Gasteiger partial charge in [0.25, 0.3) is 5.91 Å². The molecule has 0 saturated carbocycles. The third-order valence-corrected chi connectivity index (χ3v) is 7.27. The molecule has 0 bridgehead atoms. The highest BCUT2D eigenvalue weighted by molar-refractivity contribution is 9.10. The number of carbonyl (C=O) groups excluding carboxylic acids is 1. The van der Waals surface area contributed by atoms with Crippen molar-refractivity contribution >= 4 is 61.8 Å². The SMILES string of the molecule is O=C(N/N=C\c1cc(Br)ccc1OCc1ccccc1Cl)c1ccc(-c2csc(Nc3ccccc3)n2)cc1. The molecule has 0 aliphatic heterocycles. The lowest BCUT2D eigenvalue weighted by atomic mass is 10.1. The molecule has 9 heteroatoms. The van der Waals surface area contributed by atoms with Gasteiger partial charge in [-0.3, -0.25) is 4.79 Å². The number of anilines is 2. The molecule has 5 aromatic rings. The first-order valence-electron chi connectivity index (χ1n) is 11.9. The topological polar surface area (TPSA) is 75.6 Å². The van der Waals surface area contributed by atoms with Crippen molar-refractivity contribution < 1.29 is 9.53 Å². The number of hydrogen-bond donors (Lipinski definition) is 2. The third-order valence-electron chi connectivity index (χ3n) is 5.65. The highest BCUT2D eigenvalue weighted by Gasteiger charge is 2.09. The quantitative estimate of drug-likeness (QED) is 0.129. The molecule has 0 fully saturated rings. The van der Waals surface area contributed by atoms with Crippen LogP contribution in [0.5, 0.6) is 5.75 Å². The van der Waals surface area contributed by atoms with E-state index in [4.69, 9.17) is 16.3 Å². The van der Waals surface area contributed by atoms with Crippen LogP contribution in [0.15, 0.2) is 112 Å². The maximum Gasteiger partial charge on any atom is 0.271 e. The summed E-state index contributed by atoms with van der Waals surface area (Å²) in [6, 6.07) is 30.2. The second-order valence-corrected chi connectivity index (χ2v) is 10.5. The molecule has 39 heavy (non-hydrogen) atoms. The number of aromatic nitrogens is 1. The Labute approximate surface area is 243 Å². The molecule has 0 saturated heterocycles. The lowest BCUT2D eigenvalue weighted by molar-refractivity contribution is 0.0955. The fourth-order valence-corrected chi connectivity index (χ4v) is 4.96. The van der Waals surface area contributed by atoms with Gasteiger partial charge in [-0.15, -0.1) is 11.3 Å². The summed E-state index contributed by atoms with van der Waals surface area (Å²) in [5, 5.41) is 10.9. The molecule has 0 atom stereocenters. The zero-order valence-electron chi connectivity index (χ0n) is 20.5. The molecule has 2 N–H and O–H groups in total. The first-order chi connectivity index (χ1) is 19.0. The normalized spacial score (nSPS) is 10.9. The van der Waals surface area contributed by atoms with Gasteiger partial charge in [-0.05, 0) is 48.5 Å². The van der Waals surface area contributed by atoms with E-state index < -0.39 is 0 Å². The Morgan fingerprint density at radius 3 is 2.56 bits per heavy atom. The molecule has 0 aliphatic carbocycles. The van der Waals surface area contributed by atoms with Gasteiger partial charge in [-0.1, -0.05) is 76.1 Å². The van der Waals surface area contributed by atoms with Gasteiger partial charge in [0.15, 0.2) is 5.13 Å². The van der Waals surface area contributed by atoms with Gasteiger partial charge in [-0.25, -0.2) is 10.4 Å². The summed E-state index contributed by atoms with van der Waals surface area (Å²) in [4.78, 5) is 17.3. The minimum absolute atomic E-state index is 0.309. The number of thiazole rings is 1. The summed E-state index contributed by atoms with van der Waals surface area (Å²) < 4.78 is 6.83. The first-order valence-corrected chi connectivity index (χ1v) is 14.0. The molecule has 6 nitrogen and oxygen atoms in total. The van der Waals surface area contributed by atoms with E-state index in [1.165, 1.54) is 11.3 Å². The van der Waals surface area contributed by atoms with Crippen LogP contribution in [0, 0.1) is 0 Å². The largest absolute Gasteiger partial charge is 0.488 e. The average Bonchev–Trinajstić information content (AvgIpc) is 3.42. The van der Waals surface area contributed by atoms with E-state index in [2.05, 4.69) is 36.8 Å². The van der Waals surface area contributed by atoms with Crippen LogP contribution in [0.1, 0.15) is 21.5 Å². The second-order valence-electron chi connectivity index (χ2n) is 8.37. The van der Waals surface area contributed by atoms with Gasteiger partial charge >= 0.3 is 0 Å². The number of carbonyl (C=O) groups is 1. The van der Waals surface area contributed by atoms with E-state index >= 15 is 0 Å². The van der Waals surface area contributed by atoms with Gasteiger partial charge in [-0.2, -0.15) is 5.10 Å². The summed E-state index contributed by atoms with van der Waals surface area (Å²) in [5.41, 5.74) is 7.38. The summed E-state index contributed by atoms with van der Waals surface area (Å²) in [5.74, 6) is 0.293. The van der Waals surface area contributed by atoms with Crippen molar-refractivity contribution in [2.45, 2.75) is 6.61 Å². The van der Waals surface area contributed by atoms with Crippen LogP contribution in [0.3, 0.4) is 0 Å². The summed E-state index contributed by atoms with van der Waals surface area (Å²) >= 11 is 11.2. The first kappa shape index (κ1) is 26.6. The molecule has 0 aliphatic rings. The van der Waals surface area contributed by atoms with Crippen molar-refractivity contribution in [1.29, 1.82) is 0 Å². The van der Waals surface area contributed by atoms with Crippen LogP contribution in [0.2, 0.25) is 5.02 Å². The van der Waals surface area contributed by atoms with E-state index in [-0.39, 0.29) is 5.91 Å². The number of para-hydroxylation sites is 1. The van der Waals surface area contributed by atoms with Crippen LogP contribution >= 0.6 is 38.9 Å². The van der Waals surface area contributed by atoms with Gasteiger partial charge in [0.2, 0.25) is 0 Å². The van der Waals surface area contributed by atoms with Crippen LogP contribution in [-0.2, 0) is 6.61 Å². The van der Waals surface area contributed by atoms with Crippen LogP contribution in [0.25, 0.3) is 11.3 Å². The van der Waals surface area contributed by atoms with Gasteiger partial charge in [0.05, 0.1) is 11.9 Å². The molecular weight excluding hydrogens is 596 g/mol. The number of rotatable bonds is 9. The van der Waals surface area contributed by atoms with Crippen LogP contribution in [0.4, 0.5) is 10.8 Å². The molecule has 194 valence electrons. The number of hydrazone groups is 1. The molecule has 0 radical (unpaired) electrons. The smallest absolute Gasteiger partial charge is 0.271 e. The Morgan fingerprint density at radius 2 is 1.77 bits per heavy atom. The molecule has 1 heterocycles. The van der Waals surface area contributed by atoms with Crippen molar-refractivity contribution in [2.24, 2.45) is 5.10 Å². The molecular formula is C30H22BrClN4O2S. The second kappa shape index (κ2) is 12.7. The zero-order chi connectivity index (χ0) is 27.0. The zero-order valence-corrected chi connectivity index (χ0v) is 23.6. The standard InChI is InChI=1S/C30H22BrClN4O2S/c31-24-14-15-28(38-18-22-6-4-5-9-26(22)32)23(16-24)17-33-36-29(37)21-12-10-20(11-13-21)27-19-39-30(35-27)34-25-7-2-1-3-8-25/h1-17,19H,18H2,(H,34,35)(H,36,37)/b33-17-. The van der Waals surface area contributed by atoms with Gasteiger partial charge in [0.1, 0.15) is 12.4 Å². The molecule has 0 unspecified atom stereocenters. The van der Waals surface area contributed by atoms with Gasteiger partial charge < -0.3 is 10.1 Å². The fourth-order valence-electron chi connectivity index (χ4n) is 3.65. The summed E-state index contributed by atoms with van der Waals surface area (Å²) in [7, 11) is 0. The van der Waals surface area contributed by atoms with Crippen molar-refractivity contribution in [3.05, 3.63) is 129 Å². The van der Waals surface area contributed by atoms with Crippen molar-refractivity contribution in [2.75, 3.05) is 5.32 Å². The maximum atomic E-state index is 12.7. The Balaban J connectivity index is 1.20.